The zero-order valence-corrected chi connectivity index (χ0v) is 27.3. The number of carbonyl (C=O) groups is 3. The third kappa shape index (κ3) is 14.0. The van der Waals surface area contributed by atoms with Gasteiger partial charge >= 0.3 is 0 Å². The van der Waals surface area contributed by atoms with Crippen molar-refractivity contribution in [2.24, 2.45) is 21.7 Å². The summed E-state index contributed by atoms with van der Waals surface area (Å²) in [6.45, 7) is 23.2. The van der Waals surface area contributed by atoms with Crippen molar-refractivity contribution in [3.8, 4) is 0 Å². The molecule has 0 bridgehead atoms. The number of piperazine rings is 1. The highest BCUT2D eigenvalue weighted by atomic mass is 16.5. The lowest BCUT2D eigenvalue weighted by Crippen LogP contribution is -2.47. The van der Waals surface area contributed by atoms with Crippen molar-refractivity contribution >= 4 is 17.5 Å². The Balaban J connectivity index is 0.000000565. The molecule has 2 aliphatic carbocycles. The van der Waals surface area contributed by atoms with E-state index < -0.39 is 0 Å². The summed E-state index contributed by atoms with van der Waals surface area (Å²) < 4.78 is 5.06. The Morgan fingerprint density at radius 3 is 1.68 bits per heavy atom. The maximum absolute atomic E-state index is 11.9. The van der Waals surface area contributed by atoms with E-state index in [2.05, 4.69) is 22.2 Å². The number of likely N-dealkylation sites (N-methyl/N-ethyl adjacent to an activating group) is 1. The van der Waals surface area contributed by atoms with Crippen molar-refractivity contribution in [2.75, 3.05) is 53.5 Å². The molecule has 3 rings (SSSR count). The number of ether oxygens (including phenoxy) is 1. The van der Waals surface area contributed by atoms with Gasteiger partial charge in [0.1, 0.15) is 5.78 Å². The normalized spacial score (nSPS) is 20.1. The van der Waals surface area contributed by atoms with E-state index in [1.807, 2.05) is 62.3 Å². The maximum atomic E-state index is 11.9. The van der Waals surface area contributed by atoms with Crippen LogP contribution in [0.5, 0.6) is 0 Å². The summed E-state index contributed by atoms with van der Waals surface area (Å²) >= 11 is 0. The van der Waals surface area contributed by atoms with E-state index in [1.54, 1.807) is 7.11 Å². The lowest BCUT2D eigenvalue weighted by atomic mass is 9.81. The van der Waals surface area contributed by atoms with Gasteiger partial charge in [0.05, 0.1) is 18.6 Å². The van der Waals surface area contributed by atoms with E-state index in [1.165, 1.54) is 32.1 Å². The monoisotopic (exact) mass is 567 g/mol. The quantitative estimate of drug-likeness (QED) is 0.424. The third-order valence-electron chi connectivity index (χ3n) is 7.86. The first-order valence-electron chi connectivity index (χ1n) is 15.1. The van der Waals surface area contributed by atoms with Gasteiger partial charge in [-0.25, -0.2) is 0 Å². The van der Waals surface area contributed by atoms with Crippen LogP contribution in [-0.2, 0) is 19.1 Å². The highest BCUT2D eigenvalue weighted by molar-refractivity contribution is 5.91. The molecule has 0 aromatic carbocycles. The zero-order chi connectivity index (χ0) is 30.1. The fraction of sp³-hybridized carbons (Fsp3) is 0.909. The second-order valence-corrected chi connectivity index (χ2v) is 15.1. The Morgan fingerprint density at radius 2 is 1.30 bits per heavy atom. The van der Waals surface area contributed by atoms with Gasteiger partial charge in [0, 0.05) is 55.6 Å². The van der Waals surface area contributed by atoms with Crippen LogP contribution in [0.25, 0.3) is 0 Å². The molecule has 0 unspecified atom stereocenters. The molecule has 2 saturated carbocycles. The summed E-state index contributed by atoms with van der Waals surface area (Å²) in [4.78, 5) is 39.8. The molecule has 7 nitrogen and oxygen atoms in total. The minimum Gasteiger partial charge on any atom is -0.384 e. The number of rotatable bonds is 6. The average Bonchev–Trinajstić information content (AvgIpc) is 3.60. The van der Waals surface area contributed by atoms with Gasteiger partial charge in [-0.3, -0.25) is 19.3 Å². The smallest absolute Gasteiger partial charge is 0.225 e. The molecule has 1 heterocycles. The van der Waals surface area contributed by atoms with E-state index in [0.717, 1.165) is 39.0 Å². The van der Waals surface area contributed by atoms with Gasteiger partial charge in [-0.05, 0) is 32.7 Å². The predicted molar refractivity (Wildman–Crippen MR) is 168 cm³/mol. The standard InChI is InChI=1S/C11H22N2O.C11H21NO.C10H18O2.CH4/c1-11(2,3)10(14)9-13-7-5-12(4)6-8-13;1-11(2,3)10(13)12-9-7-5-4-6-8-9;1-9(2,3)8(11)10(5-6-10)7-12-4;/h5-9H2,1-4H3;9H,4-8H2,1-3H3,(H,12,13);5-7H2,1-4H3;1H4. The van der Waals surface area contributed by atoms with Crippen molar-refractivity contribution in [3.05, 3.63) is 0 Å². The fourth-order valence-electron chi connectivity index (χ4n) is 4.75. The number of hydrogen-bond acceptors (Lipinski definition) is 6. The Kier molecular flexibility index (Phi) is 15.8. The first kappa shape index (κ1) is 38.7. The maximum Gasteiger partial charge on any atom is 0.225 e. The number of amides is 1. The van der Waals surface area contributed by atoms with Gasteiger partial charge in [0.15, 0.2) is 5.78 Å². The van der Waals surface area contributed by atoms with Crippen LogP contribution in [0.3, 0.4) is 0 Å². The van der Waals surface area contributed by atoms with E-state index in [-0.39, 0.29) is 35.0 Å². The van der Waals surface area contributed by atoms with Gasteiger partial charge in [-0.15, -0.1) is 0 Å². The predicted octanol–water partition coefficient (Wildman–Crippen LogP) is 5.99. The van der Waals surface area contributed by atoms with Crippen molar-refractivity contribution < 1.29 is 19.1 Å². The number of Topliss-reactive ketones (excluding diaryl/α,β-unsaturated/α-hetero) is 2. The van der Waals surface area contributed by atoms with Gasteiger partial charge in [0.25, 0.3) is 0 Å². The van der Waals surface area contributed by atoms with Crippen LogP contribution in [0.2, 0.25) is 0 Å². The largest absolute Gasteiger partial charge is 0.384 e. The van der Waals surface area contributed by atoms with E-state index >= 15 is 0 Å². The molecule has 0 radical (unpaired) electrons. The molecule has 3 aliphatic rings. The van der Waals surface area contributed by atoms with E-state index in [9.17, 15) is 14.4 Å². The third-order valence-corrected chi connectivity index (χ3v) is 7.86. The number of methoxy groups -OCH3 is 1. The lowest BCUT2D eigenvalue weighted by molar-refractivity contribution is -0.133. The first-order chi connectivity index (χ1) is 17.8. The molecule has 236 valence electrons. The molecule has 1 amide bonds. The molecule has 40 heavy (non-hydrogen) atoms. The van der Waals surface area contributed by atoms with E-state index in [0.29, 0.717) is 30.8 Å². The summed E-state index contributed by atoms with van der Waals surface area (Å²) in [5, 5.41) is 3.12. The van der Waals surface area contributed by atoms with Crippen LogP contribution < -0.4 is 5.32 Å². The lowest BCUT2D eigenvalue weighted by Gasteiger charge is -2.33. The van der Waals surface area contributed by atoms with Crippen LogP contribution in [0.4, 0.5) is 0 Å². The summed E-state index contributed by atoms with van der Waals surface area (Å²) in [5.74, 6) is 0.901. The molecule has 1 N–H and O–H groups in total. The van der Waals surface area contributed by atoms with Crippen molar-refractivity contribution in [2.45, 2.75) is 121 Å². The average molecular weight is 568 g/mol. The number of carbonyl (C=O) groups excluding carboxylic acids is 3. The van der Waals surface area contributed by atoms with Crippen LogP contribution in [0.1, 0.15) is 115 Å². The van der Waals surface area contributed by atoms with Gasteiger partial charge in [0.2, 0.25) is 5.91 Å². The molecule has 0 atom stereocenters. The molecule has 1 saturated heterocycles. The van der Waals surface area contributed by atoms with Crippen molar-refractivity contribution in [3.63, 3.8) is 0 Å². The molecule has 7 heteroatoms. The molecule has 1 aliphatic heterocycles. The SMILES string of the molecule is C.CC(C)(C)C(=O)NC1CCCCC1.CN1CCN(CC(=O)C(C)(C)C)CC1.COCC1(C(=O)C(C)(C)C)CC1. The number of nitrogens with zero attached hydrogens (tertiary/aromatic N) is 2. The molecule has 0 aromatic heterocycles. The van der Waals surface area contributed by atoms with Crippen LogP contribution in [0.15, 0.2) is 0 Å². The van der Waals surface area contributed by atoms with Crippen LogP contribution >= 0.6 is 0 Å². The van der Waals surface area contributed by atoms with Crippen LogP contribution in [0, 0.1) is 21.7 Å². The second kappa shape index (κ2) is 16.4. The second-order valence-electron chi connectivity index (χ2n) is 15.1. The summed E-state index contributed by atoms with van der Waals surface area (Å²) in [5.41, 5.74) is -0.761. The summed E-state index contributed by atoms with van der Waals surface area (Å²) in [6, 6.07) is 0.445. The summed E-state index contributed by atoms with van der Waals surface area (Å²) in [7, 11) is 3.79. The van der Waals surface area contributed by atoms with Gasteiger partial charge in [-0.2, -0.15) is 0 Å². The minimum absolute atomic E-state index is 0. The van der Waals surface area contributed by atoms with E-state index in [4.69, 9.17) is 4.74 Å². The number of hydrogen-bond donors (Lipinski definition) is 1. The topological polar surface area (TPSA) is 79.0 Å². The number of nitrogens with one attached hydrogen (secondary N) is 1. The van der Waals surface area contributed by atoms with Crippen LogP contribution in [-0.4, -0.2) is 86.8 Å². The van der Waals surface area contributed by atoms with Crippen molar-refractivity contribution in [1.82, 2.24) is 15.1 Å². The van der Waals surface area contributed by atoms with Crippen molar-refractivity contribution in [1.29, 1.82) is 0 Å². The molecule has 0 aromatic rings. The van der Waals surface area contributed by atoms with Gasteiger partial charge in [-0.1, -0.05) is 89.0 Å². The van der Waals surface area contributed by atoms with Gasteiger partial charge < -0.3 is 15.0 Å². The number of ketones is 2. The molecule has 0 spiro atoms. The Labute approximate surface area is 247 Å². The minimum atomic E-state index is -0.239. The zero-order valence-electron chi connectivity index (χ0n) is 27.3. The molecule has 3 fully saturated rings. The first-order valence-corrected chi connectivity index (χ1v) is 15.1. The highest BCUT2D eigenvalue weighted by Gasteiger charge is 2.52. The Hall–Kier alpha value is -1.31. The Bertz CT molecular complexity index is 771. The Morgan fingerprint density at radius 1 is 0.800 bits per heavy atom. The fourth-order valence-corrected chi connectivity index (χ4v) is 4.75. The highest BCUT2D eigenvalue weighted by Crippen LogP contribution is 2.50. The molecular weight excluding hydrogens is 502 g/mol. The molecular formula is C33H65N3O4. The summed E-state index contributed by atoms with van der Waals surface area (Å²) in [6.07, 6.45) is 8.24.